The van der Waals surface area contributed by atoms with Crippen molar-refractivity contribution < 1.29 is 0 Å². The van der Waals surface area contributed by atoms with E-state index in [-0.39, 0.29) is 0 Å². The van der Waals surface area contributed by atoms with Gasteiger partial charge in [-0.25, -0.2) is 0 Å². The Morgan fingerprint density at radius 2 is 2.00 bits per heavy atom. The van der Waals surface area contributed by atoms with Crippen LogP contribution in [0.3, 0.4) is 0 Å². The van der Waals surface area contributed by atoms with E-state index in [1.807, 2.05) is 0 Å². The molecule has 1 aliphatic heterocycles. The Bertz CT molecular complexity index is 384. The van der Waals surface area contributed by atoms with Crippen LogP contribution in [0.25, 0.3) is 0 Å². The molecule has 3 heteroatoms. The number of rotatable bonds is 5. The van der Waals surface area contributed by atoms with Crippen LogP contribution in [0.5, 0.6) is 0 Å². The zero-order valence-corrected chi connectivity index (χ0v) is 13.0. The van der Waals surface area contributed by atoms with Crippen molar-refractivity contribution in [2.24, 2.45) is 0 Å². The molecule has 1 fully saturated rings. The minimum Gasteiger partial charge on any atom is -0.310 e. The Labute approximate surface area is 119 Å². The average molecular weight is 311 g/mol. The van der Waals surface area contributed by atoms with Gasteiger partial charge in [0, 0.05) is 23.6 Å². The molecule has 0 spiro atoms. The number of likely N-dealkylation sites (tertiary alicyclic amines) is 1. The van der Waals surface area contributed by atoms with E-state index in [1.165, 1.54) is 41.5 Å². The molecule has 18 heavy (non-hydrogen) atoms. The number of benzene rings is 1. The predicted octanol–water partition coefficient (Wildman–Crippen LogP) is 3.54. The second-order valence-corrected chi connectivity index (χ2v) is 6.30. The molecule has 0 radical (unpaired) electrons. The van der Waals surface area contributed by atoms with Crippen molar-refractivity contribution >= 4 is 15.9 Å². The first-order valence-electron chi connectivity index (χ1n) is 6.88. The predicted molar refractivity (Wildman–Crippen MR) is 80.6 cm³/mol. The van der Waals surface area contributed by atoms with Crippen LogP contribution in [0.2, 0.25) is 0 Å². The van der Waals surface area contributed by atoms with Gasteiger partial charge >= 0.3 is 0 Å². The van der Waals surface area contributed by atoms with Gasteiger partial charge in [0.2, 0.25) is 0 Å². The number of nitrogens with one attached hydrogen (secondary N) is 1. The summed E-state index contributed by atoms with van der Waals surface area (Å²) in [6.07, 6.45) is 2.71. The molecule has 1 heterocycles. The summed E-state index contributed by atoms with van der Waals surface area (Å²) in [6.45, 7) is 8.89. The third-order valence-electron chi connectivity index (χ3n) is 3.42. The highest BCUT2D eigenvalue weighted by atomic mass is 79.9. The van der Waals surface area contributed by atoms with E-state index >= 15 is 0 Å². The highest BCUT2D eigenvalue weighted by molar-refractivity contribution is 9.10. The molecule has 1 aliphatic rings. The standard InChI is InChI=1S/C15H23BrN2/c1-12(2)17-10-13-5-6-14(15(16)9-13)11-18-7-3-4-8-18/h5-6,9,12,17H,3-4,7-8,10-11H2,1-2H3. The van der Waals surface area contributed by atoms with Crippen molar-refractivity contribution in [1.82, 2.24) is 10.2 Å². The van der Waals surface area contributed by atoms with Crippen molar-refractivity contribution in [1.29, 1.82) is 0 Å². The number of hydrogen-bond donors (Lipinski definition) is 1. The third-order valence-corrected chi connectivity index (χ3v) is 4.16. The molecule has 1 aromatic carbocycles. The van der Waals surface area contributed by atoms with Crippen LogP contribution in [-0.2, 0) is 13.1 Å². The second kappa shape index (κ2) is 6.69. The molecule has 1 N–H and O–H groups in total. The van der Waals surface area contributed by atoms with Gasteiger partial charge in [0.1, 0.15) is 0 Å². The largest absolute Gasteiger partial charge is 0.310 e. The van der Waals surface area contributed by atoms with Crippen LogP contribution in [0.15, 0.2) is 22.7 Å². The lowest BCUT2D eigenvalue weighted by atomic mass is 10.1. The molecule has 0 aromatic heterocycles. The van der Waals surface area contributed by atoms with E-state index in [2.05, 4.69) is 58.2 Å². The number of hydrogen-bond acceptors (Lipinski definition) is 2. The summed E-state index contributed by atoms with van der Waals surface area (Å²) in [6, 6.07) is 7.29. The van der Waals surface area contributed by atoms with Crippen LogP contribution in [0.1, 0.15) is 37.8 Å². The smallest absolute Gasteiger partial charge is 0.0244 e. The molecule has 0 unspecified atom stereocenters. The monoisotopic (exact) mass is 310 g/mol. The zero-order valence-electron chi connectivity index (χ0n) is 11.4. The fourth-order valence-corrected chi connectivity index (χ4v) is 2.88. The van der Waals surface area contributed by atoms with Crippen LogP contribution in [-0.4, -0.2) is 24.0 Å². The average Bonchev–Trinajstić information content (AvgIpc) is 2.82. The molecule has 1 saturated heterocycles. The topological polar surface area (TPSA) is 15.3 Å². The maximum Gasteiger partial charge on any atom is 0.0244 e. The summed E-state index contributed by atoms with van der Waals surface area (Å²) in [7, 11) is 0. The molecule has 0 saturated carbocycles. The Morgan fingerprint density at radius 1 is 1.28 bits per heavy atom. The van der Waals surface area contributed by atoms with Crippen molar-refractivity contribution in [2.75, 3.05) is 13.1 Å². The lowest BCUT2D eigenvalue weighted by Crippen LogP contribution is -2.22. The first-order chi connectivity index (χ1) is 8.65. The molecular formula is C15H23BrN2. The van der Waals surface area contributed by atoms with Crippen LogP contribution < -0.4 is 5.32 Å². The Hall–Kier alpha value is -0.380. The van der Waals surface area contributed by atoms with Gasteiger partial charge in [-0.1, -0.05) is 41.9 Å². The summed E-state index contributed by atoms with van der Waals surface area (Å²) in [5.41, 5.74) is 2.76. The van der Waals surface area contributed by atoms with Gasteiger partial charge < -0.3 is 5.32 Å². The van der Waals surface area contributed by atoms with E-state index in [0.29, 0.717) is 6.04 Å². The Kier molecular flexibility index (Phi) is 5.22. The van der Waals surface area contributed by atoms with Gasteiger partial charge in [0.05, 0.1) is 0 Å². The van der Waals surface area contributed by atoms with E-state index in [1.54, 1.807) is 0 Å². The lowest BCUT2D eigenvalue weighted by Gasteiger charge is -2.16. The van der Waals surface area contributed by atoms with E-state index < -0.39 is 0 Å². The first-order valence-corrected chi connectivity index (χ1v) is 7.67. The summed E-state index contributed by atoms with van der Waals surface area (Å²) in [5.74, 6) is 0. The van der Waals surface area contributed by atoms with Gasteiger partial charge in [-0.2, -0.15) is 0 Å². The Morgan fingerprint density at radius 3 is 2.61 bits per heavy atom. The molecule has 0 amide bonds. The minimum absolute atomic E-state index is 0.535. The Balaban J connectivity index is 1.95. The van der Waals surface area contributed by atoms with Crippen LogP contribution in [0, 0.1) is 0 Å². The van der Waals surface area contributed by atoms with Gasteiger partial charge in [0.25, 0.3) is 0 Å². The first kappa shape index (κ1) is 14.0. The summed E-state index contributed by atoms with van der Waals surface area (Å²) in [4.78, 5) is 2.53. The van der Waals surface area contributed by atoms with Gasteiger partial charge in [-0.05, 0) is 43.1 Å². The molecular weight excluding hydrogens is 288 g/mol. The number of halogens is 1. The molecule has 2 nitrogen and oxygen atoms in total. The normalized spacial score (nSPS) is 16.7. The summed E-state index contributed by atoms with van der Waals surface area (Å²) >= 11 is 3.71. The molecule has 1 aromatic rings. The zero-order chi connectivity index (χ0) is 13.0. The third kappa shape index (κ3) is 4.08. The van der Waals surface area contributed by atoms with Crippen molar-refractivity contribution in [3.05, 3.63) is 33.8 Å². The number of nitrogens with zero attached hydrogens (tertiary/aromatic N) is 1. The molecule has 2 rings (SSSR count). The lowest BCUT2D eigenvalue weighted by molar-refractivity contribution is 0.331. The van der Waals surface area contributed by atoms with Crippen LogP contribution >= 0.6 is 15.9 Å². The quantitative estimate of drug-likeness (QED) is 0.895. The van der Waals surface area contributed by atoms with E-state index in [9.17, 15) is 0 Å². The van der Waals surface area contributed by atoms with Crippen molar-refractivity contribution in [3.8, 4) is 0 Å². The minimum atomic E-state index is 0.535. The van der Waals surface area contributed by atoms with Gasteiger partial charge in [-0.15, -0.1) is 0 Å². The fraction of sp³-hybridized carbons (Fsp3) is 0.600. The maximum absolute atomic E-state index is 3.71. The summed E-state index contributed by atoms with van der Waals surface area (Å²) < 4.78 is 1.25. The fourth-order valence-electron chi connectivity index (χ4n) is 2.33. The second-order valence-electron chi connectivity index (χ2n) is 5.44. The van der Waals surface area contributed by atoms with Crippen molar-refractivity contribution in [3.63, 3.8) is 0 Å². The van der Waals surface area contributed by atoms with E-state index in [0.717, 1.165) is 13.1 Å². The molecule has 100 valence electrons. The van der Waals surface area contributed by atoms with Crippen LogP contribution in [0.4, 0.5) is 0 Å². The van der Waals surface area contributed by atoms with E-state index in [4.69, 9.17) is 0 Å². The molecule has 0 aliphatic carbocycles. The molecule has 0 bridgehead atoms. The highest BCUT2D eigenvalue weighted by Gasteiger charge is 2.13. The van der Waals surface area contributed by atoms with Gasteiger partial charge in [0.15, 0.2) is 0 Å². The SMILES string of the molecule is CC(C)NCc1ccc(CN2CCCC2)c(Br)c1. The highest BCUT2D eigenvalue weighted by Crippen LogP contribution is 2.22. The van der Waals surface area contributed by atoms with Crippen molar-refractivity contribution in [2.45, 2.75) is 45.8 Å². The summed E-state index contributed by atoms with van der Waals surface area (Å²) in [5, 5.41) is 3.45. The maximum atomic E-state index is 3.71. The van der Waals surface area contributed by atoms with Gasteiger partial charge in [-0.3, -0.25) is 4.90 Å². The molecule has 0 atom stereocenters.